The van der Waals surface area contributed by atoms with E-state index in [0.29, 0.717) is 0 Å². The van der Waals surface area contributed by atoms with Gasteiger partial charge in [-0.3, -0.25) is 0 Å². The van der Waals surface area contributed by atoms with Crippen LogP contribution in [-0.2, 0) is 0 Å². The third-order valence-corrected chi connectivity index (χ3v) is 1.81. The van der Waals surface area contributed by atoms with Crippen LogP contribution in [0.1, 0.15) is 0 Å². The first kappa shape index (κ1) is 10.9. The van der Waals surface area contributed by atoms with E-state index in [-0.39, 0.29) is 12.2 Å². The second-order valence-corrected chi connectivity index (χ2v) is 3.25. The van der Waals surface area contributed by atoms with Crippen molar-refractivity contribution in [3.05, 3.63) is 23.5 Å². The molecule has 0 unspecified atom stereocenters. The van der Waals surface area contributed by atoms with Gasteiger partial charge >= 0.3 is 6.18 Å². The fourth-order valence-corrected chi connectivity index (χ4v) is 1.09. The van der Waals surface area contributed by atoms with Crippen molar-refractivity contribution in [3.8, 4) is 0 Å². The molecule has 6 heteroatoms. The summed E-state index contributed by atoms with van der Waals surface area (Å²) in [4.78, 5) is 0. The van der Waals surface area contributed by atoms with Crippen LogP contribution in [0.25, 0.3) is 0 Å². The van der Waals surface area contributed by atoms with Crippen LogP contribution in [0.15, 0.2) is 23.5 Å². The van der Waals surface area contributed by atoms with E-state index in [0.717, 1.165) is 12.3 Å². The van der Waals surface area contributed by atoms with E-state index in [1.54, 1.807) is 19.1 Å². The molecule has 0 fully saturated rings. The van der Waals surface area contributed by atoms with Gasteiger partial charge in [-0.05, 0) is 6.08 Å². The maximum absolute atomic E-state index is 12.3. The van der Waals surface area contributed by atoms with Crippen molar-refractivity contribution in [2.45, 2.75) is 6.18 Å². The van der Waals surface area contributed by atoms with Crippen molar-refractivity contribution in [3.63, 3.8) is 0 Å². The van der Waals surface area contributed by atoms with Gasteiger partial charge in [0.05, 0.1) is 12.1 Å². The summed E-state index contributed by atoms with van der Waals surface area (Å²) in [6.07, 6.45) is -2.35. The average Bonchev–Trinajstić information content (AvgIpc) is 2.01. The zero-order chi connectivity index (χ0) is 10.9. The minimum atomic E-state index is -4.35. The number of nitrogens with two attached hydrogens (primary N) is 1. The highest BCUT2D eigenvalue weighted by molar-refractivity contribution is 5.30. The van der Waals surface area contributed by atoms with Gasteiger partial charge in [-0.1, -0.05) is 0 Å². The lowest BCUT2D eigenvalue weighted by Crippen LogP contribution is -2.38. The molecule has 1 rings (SSSR count). The quantitative estimate of drug-likeness (QED) is 0.698. The number of alkyl halides is 3. The van der Waals surface area contributed by atoms with Crippen molar-refractivity contribution >= 4 is 0 Å². The zero-order valence-corrected chi connectivity index (χ0v) is 7.97. The second kappa shape index (κ2) is 3.53. The predicted molar refractivity (Wildman–Crippen MR) is 46.8 cm³/mol. The first-order valence-corrected chi connectivity index (χ1v) is 3.99. The van der Waals surface area contributed by atoms with Gasteiger partial charge in [0.2, 0.25) is 0 Å². The molecule has 0 aromatic rings. The maximum Gasteiger partial charge on any atom is 0.417 e. The van der Waals surface area contributed by atoms with Gasteiger partial charge in [0, 0.05) is 26.0 Å². The molecule has 0 aromatic heterocycles. The summed E-state index contributed by atoms with van der Waals surface area (Å²) in [5, 5.41) is 2.95. The van der Waals surface area contributed by atoms with Gasteiger partial charge in [0.15, 0.2) is 0 Å². The third kappa shape index (κ3) is 2.41. The lowest BCUT2D eigenvalue weighted by atomic mass is 10.2. The summed E-state index contributed by atoms with van der Waals surface area (Å²) >= 11 is 0. The molecular weight excluding hydrogens is 195 g/mol. The molecule has 0 amide bonds. The molecule has 1 aliphatic rings. The smallest absolute Gasteiger partial charge is 0.401 e. The Hall–Kier alpha value is -1.17. The molecule has 0 saturated carbocycles. The van der Waals surface area contributed by atoms with Crippen LogP contribution in [0.4, 0.5) is 13.2 Å². The van der Waals surface area contributed by atoms with Crippen LogP contribution in [-0.4, -0.2) is 36.8 Å². The first-order valence-electron chi connectivity index (χ1n) is 3.99. The molecule has 0 spiro atoms. The van der Waals surface area contributed by atoms with Crippen LogP contribution in [0.2, 0.25) is 0 Å². The Bertz CT molecular complexity index is 278. The van der Waals surface area contributed by atoms with Gasteiger partial charge < -0.3 is 10.7 Å². The standard InChI is InChI=1S/C8H12F3N3/c1-13(2)14-4-6(8(9,10)11)3-7(12)5-14/h3-4H,5,12H2,1-2H3. The number of allylic oxidation sites excluding steroid dienone is 2. The molecule has 0 bridgehead atoms. The molecular formula is C8H12F3N3. The first-order chi connectivity index (χ1) is 6.30. The van der Waals surface area contributed by atoms with E-state index >= 15 is 0 Å². The highest BCUT2D eigenvalue weighted by Gasteiger charge is 2.34. The summed E-state index contributed by atoms with van der Waals surface area (Å²) in [6, 6.07) is 0. The Kier molecular flexibility index (Phi) is 2.75. The minimum Gasteiger partial charge on any atom is -0.401 e. The maximum atomic E-state index is 12.3. The van der Waals surface area contributed by atoms with Crippen LogP contribution in [0.5, 0.6) is 0 Å². The molecule has 1 heterocycles. The van der Waals surface area contributed by atoms with Gasteiger partial charge in [-0.15, -0.1) is 0 Å². The van der Waals surface area contributed by atoms with E-state index < -0.39 is 11.7 Å². The molecule has 2 N–H and O–H groups in total. The Balaban J connectivity index is 2.94. The molecule has 80 valence electrons. The van der Waals surface area contributed by atoms with E-state index in [1.165, 1.54) is 5.01 Å². The summed E-state index contributed by atoms with van der Waals surface area (Å²) in [7, 11) is 3.31. The largest absolute Gasteiger partial charge is 0.417 e. The van der Waals surface area contributed by atoms with Gasteiger partial charge in [-0.2, -0.15) is 13.2 Å². The SMILES string of the molecule is CN(C)N1C=C(C(F)(F)F)C=C(N)C1. The summed E-state index contributed by atoms with van der Waals surface area (Å²) < 4.78 is 37.0. The number of hydrogen-bond acceptors (Lipinski definition) is 3. The highest BCUT2D eigenvalue weighted by atomic mass is 19.4. The van der Waals surface area contributed by atoms with Crippen LogP contribution in [0.3, 0.4) is 0 Å². The Labute approximate surface area is 80.2 Å². The fourth-order valence-electron chi connectivity index (χ4n) is 1.09. The van der Waals surface area contributed by atoms with Crippen molar-refractivity contribution in [2.24, 2.45) is 5.73 Å². The Morgan fingerprint density at radius 1 is 1.43 bits per heavy atom. The van der Waals surface area contributed by atoms with Gasteiger partial charge in [0.1, 0.15) is 0 Å². The molecule has 14 heavy (non-hydrogen) atoms. The summed E-state index contributed by atoms with van der Waals surface area (Å²) in [5.41, 5.74) is 4.88. The molecule has 0 atom stereocenters. The number of hydrogen-bond donors (Lipinski definition) is 1. The van der Waals surface area contributed by atoms with Crippen molar-refractivity contribution in [1.82, 2.24) is 10.0 Å². The monoisotopic (exact) mass is 207 g/mol. The summed E-state index contributed by atoms with van der Waals surface area (Å²) in [5.74, 6) is 0. The van der Waals surface area contributed by atoms with Crippen molar-refractivity contribution < 1.29 is 13.2 Å². The van der Waals surface area contributed by atoms with Crippen LogP contribution >= 0.6 is 0 Å². The lowest BCUT2D eigenvalue weighted by molar-refractivity contribution is -0.0914. The number of halogens is 3. The third-order valence-electron chi connectivity index (χ3n) is 1.81. The molecule has 0 aliphatic carbocycles. The molecule has 0 radical (unpaired) electrons. The average molecular weight is 207 g/mol. The molecule has 3 nitrogen and oxygen atoms in total. The predicted octanol–water partition coefficient (Wildman–Crippen LogP) is 1.07. The van der Waals surface area contributed by atoms with E-state index in [1.807, 2.05) is 0 Å². The highest BCUT2D eigenvalue weighted by Crippen LogP contribution is 2.29. The molecule has 0 saturated heterocycles. The second-order valence-electron chi connectivity index (χ2n) is 3.25. The number of rotatable bonds is 1. The van der Waals surface area contributed by atoms with E-state index in [9.17, 15) is 13.2 Å². The molecule has 1 aliphatic heterocycles. The normalized spacial score (nSPS) is 18.3. The van der Waals surface area contributed by atoms with E-state index in [4.69, 9.17) is 5.73 Å². The Morgan fingerprint density at radius 2 is 2.00 bits per heavy atom. The minimum absolute atomic E-state index is 0.202. The van der Waals surface area contributed by atoms with Crippen LogP contribution < -0.4 is 5.73 Å². The lowest BCUT2D eigenvalue weighted by Gasteiger charge is -2.31. The topological polar surface area (TPSA) is 32.5 Å². The van der Waals surface area contributed by atoms with E-state index in [2.05, 4.69) is 0 Å². The summed E-state index contributed by atoms with van der Waals surface area (Å²) in [6.45, 7) is 0.284. The van der Waals surface area contributed by atoms with Crippen molar-refractivity contribution in [1.29, 1.82) is 0 Å². The van der Waals surface area contributed by atoms with Gasteiger partial charge in [-0.25, -0.2) is 5.01 Å². The number of nitrogens with zero attached hydrogens (tertiary/aromatic N) is 2. The fraction of sp³-hybridized carbons (Fsp3) is 0.500. The zero-order valence-electron chi connectivity index (χ0n) is 7.97. The molecule has 0 aromatic carbocycles. The number of hydrazine groups is 1. The Morgan fingerprint density at radius 3 is 2.43 bits per heavy atom. The van der Waals surface area contributed by atoms with Gasteiger partial charge in [0.25, 0.3) is 0 Å². The van der Waals surface area contributed by atoms with Crippen molar-refractivity contribution in [2.75, 3.05) is 20.6 Å². The van der Waals surface area contributed by atoms with Crippen LogP contribution in [0, 0.1) is 0 Å².